The lowest BCUT2D eigenvalue weighted by Crippen LogP contribution is -1.99. The molecule has 5 aromatic carbocycles. The van der Waals surface area contributed by atoms with Crippen LogP contribution in [0.15, 0.2) is 140 Å². The van der Waals surface area contributed by atoms with Crippen molar-refractivity contribution < 1.29 is 0 Å². The molecule has 3 heterocycles. The minimum absolute atomic E-state index is 0.952. The van der Waals surface area contributed by atoms with Gasteiger partial charge in [0.25, 0.3) is 0 Å². The largest absolute Gasteiger partial charge is 0.317 e. The molecular weight excluding hydrogens is 462 g/mol. The van der Waals surface area contributed by atoms with Crippen LogP contribution < -0.4 is 0 Å². The van der Waals surface area contributed by atoms with Gasteiger partial charge in [-0.2, -0.15) is 0 Å². The number of nitrogens with zero attached hydrogens (tertiary/aromatic N) is 3. The fraction of sp³-hybridized carbons (Fsp3) is 0. The second-order valence-electron chi connectivity index (χ2n) is 9.71. The van der Waals surface area contributed by atoms with Crippen LogP contribution in [0.5, 0.6) is 0 Å². The summed E-state index contributed by atoms with van der Waals surface area (Å²) in [5.41, 5.74) is 7.00. The number of pyridine rings is 1. The Labute approximate surface area is 219 Å². The summed E-state index contributed by atoms with van der Waals surface area (Å²) in [6.45, 7) is 0. The summed E-state index contributed by atoms with van der Waals surface area (Å²) in [4.78, 5) is 5.12. The molecule has 3 aromatic heterocycles. The topological polar surface area (TPSA) is 22.8 Å². The quantitative estimate of drug-likeness (QED) is 0.245. The SMILES string of the molecule is c1ccc(-c2cnc(-n3c4ccccc4c4cc5c(ccn5-c5ccccc5)cc43)c3ccccc23)cc1. The summed E-state index contributed by atoms with van der Waals surface area (Å²) < 4.78 is 4.60. The second kappa shape index (κ2) is 8.19. The van der Waals surface area contributed by atoms with Crippen molar-refractivity contribution in [3.05, 3.63) is 140 Å². The van der Waals surface area contributed by atoms with Crippen molar-refractivity contribution in [3.63, 3.8) is 0 Å². The monoisotopic (exact) mass is 485 g/mol. The van der Waals surface area contributed by atoms with Gasteiger partial charge in [0.15, 0.2) is 0 Å². The molecule has 0 N–H and O–H groups in total. The molecule has 3 heteroatoms. The van der Waals surface area contributed by atoms with E-state index in [1.54, 1.807) is 0 Å². The molecule has 178 valence electrons. The first-order valence-corrected chi connectivity index (χ1v) is 12.9. The van der Waals surface area contributed by atoms with Gasteiger partial charge in [-0.15, -0.1) is 0 Å². The van der Waals surface area contributed by atoms with Crippen LogP contribution >= 0.6 is 0 Å². The van der Waals surface area contributed by atoms with Crippen molar-refractivity contribution >= 4 is 43.5 Å². The third-order valence-corrected chi connectivity index (χ3v) is 7.59. The molecule has 38 heavy (non-hydrogen) atoms. The van der Waals surface area contributed by atoms with E-state index in [2.05, 4.69) is 143 Å². The molecule has 8 rings (SSSR count). The Hall–Kier alpha value is -5.15. The molecule has 0 aliphatic rings. The molecule has 0 unspecified atom stereocenters. The van der Waals surface area contributed by atoms with Gasteiger partial charge in [0.2, 0.25) is 0 Å². The van der Waals surface area contributed by atoms with E-state index >= 15 is 0 Å². The number of hydrogen-bond donors (Lipinski definition) is 0. The lowest BCUT2D eigenvalue weighted by atomic mass is 10.0. The average Bonchev–Trinajstić information content (AvgIpc) is 3.55. The van der Waals surface area contributed by atoms with Crippen LogP contribution in [0.2, 0.25) is 0 Å². The first-order valence-electron chi connectivity index (χ1n) is 12.9. The average molecular weight is 486 g/mol. The molecule has 0 atom stereocenters. The van der Waals surface area contributed by atoms with Gasteiger partial charge in [0.05, 0.1) is 16.6 Å². The molecule has 8 aromatic rings. The van der Waals surface area contributed by atoms with Crippen molar-refractivity contribution in [2.75, 3.05) is 0 Å². The predicted octanol–water partition coefficient (Wildman–Crippen LogP) is 8.94. The molecule has 0 saturated heterocycles. The van der Waals surface area contributed by atoms with Crippen LogP contribution in [0, 0.1) is 0 Å². The fourth-order valence-corrected chi connectivity index (χ4v) is 5.84. The van der Waals surface area contributed by atoms with E-state index in [9.17, 15) is 0 Å². The highest BCUT2D eigenvalue weighted by Gasteiger charge is 2.18. The number of benzene rings is 5. The maximum Gasteiger partial charge on any atom is 0.145 e. The second-order valence-corrected chi connectivity index (χ2v) is 9.71. The van der Waals surface area contributed by atoms with E-state index in [1.165, 1.54) is 32.6 Å². The molecule has 0 amide bonds. The summed E-state index contributed by atoms with van der Waals surface area (Å²) >= 11 is 0. The van der Waals surface area contributed by atoms with Gasteiger partial charge in [0.1, 0.15) is 5.82 Å². The highest BCUT2D eigenvalue weighted by Crippen LogP contribution is 2.38. The van der Waals surface area contributed by atoms with Gasteiger partial charge in [-0.25, -0.2) is 4.98 Å². The molecule has 0 radical (unpaired) electrons. The molecule has 0 spiro atoms. The molecule has 0 bridgehead atoms. The zero-order chi connectivity index (χ0) is 25.1. The minimum atomic E-state index is 0.952. The first kappa shape index (κ1) is 21.0. The summed E-state index contributed by atoms with van der Waals surface area (Å²) in [5.74, 6) is 0.952. The van der Waals surface area contributed by atoms with Crippen LogP contribution in [0.4, 0.5) is 0 Å². The van der Waals surface area contributed by atoms with Crippen molar-refractivity contribution in [1.29, 1.82) is 0 Å². The summed E-state index contributed by atoms with van der Waals surface area (Å²) in [5, 5.41) is 5.99. The molecule has 0 aliphatic carbocycles. The summed E-state index contributed by atoms with van der Waals surface area (Å²) in [6.07, 6.45) is 4.19. The normalized spacial score (nSPS) is 11.7. The number of rotatable bonds is 3. The van der Waals surface area contributed by atoms with E-state index in [1.807, 2.05) is 6.20 Å². The fourth-order valence-electron chi connectivity index (χ4n) is 5.84. The third kappa shape index (κ3) is 3.06. The summed E-state index contributed by atoms with van der Waals surface area (Å²) in [7, 11) is 0. The van der Waals surface area contributed by atoms with E-state index < -0.39 is 0 Å². The van der Waals surface area contributed by atoms with Crippen molar-refractivity contribution in [2.24, 2.45) is 0 Å². The van der Waals surface area contributed by atoms with Crippen LogP contribution in [0.1, 0.15) is 0 Å². The van der Waals surface area contributed by atoms with Crippen molar-refractivity contribution in [3.8, 4) is 22.6 Å². The van der Waals surface area contributed by atoms with Gasteiger partial charge in [-0.1, -0.05) is 91.0 Å². The van der Waals surface area contributed by atoms with Gasteiger partial charge in [-0.05, 0) is 47.3 Å². The van der Waals surface area contributed by atoms with Gasteiger partial charge >= 0.3 is 0 Å². The number of aromatic nitrogens is 3. The zero-order valence-electron chi connectivity index (χ0n) is 20.6. The number of para-hydroxylation sites is 2. The molecule has 0 aliphatic heterocycles. The Morgan fingerprint density at radius 1 is 0.500 bits per heavy atom. The standard InChI is InChI=1S/C35H23N3/c1-3-11-24(12-4-1)31-23-36-35(29-17-8-7-15-27(29)31)38-32-18-10-9-16-28(32)30-22-33-25(21-34(30)38)19-20-37(33)26-13-5-2-6-14-26/h1-23H. The van der Waals surface area contributed by atoms with E-state index in [0.29, 0.717) is 0 Å². The Morgan fingerprint density at radius 2 is 1.18 bits per heavy atom. The third-order valence-electron chi connectivity index (χ3n) is 7.59. The first-order chi connectivity index (χ1) is 18.9. The molecule has 0 fully saturated rings. The summed E-state index contributed by atoms with van der Waals surface area (Å²) in [6, 6.07) is 45.2. The highest BCUT2D eigenvalue weighted by atomic mass is 15.1. The maximum absolute atomic E-state index is 5.12. The van der Waals surface area contributed by atoms with Crippen molar-refractivity contribution in [2.45, 2.75) is 0 Å². The van der Waals surface area contributed by atoms with Crippen LogP contribution in [-0.2, 0) is 0 Å². The smallest absolute Gasteiger partial charge is 0.145 e. The Balaban J connectivity index is 1.45. The Bertz CT molecular complexity index is 2120. The number of hydrogen-bond acceptors (Lipinski definition) is 1. The van der Waals surface area contributed by atoms with Gasteiger partial charge < -0.3 is 4.57 Å². The Morgan fingerprint density at radius 3 is 2.00 bits per heavy atom. The minimum Gasteiger partial charge on any atom is -0.317 e. The van der Waals surface area contributed by atoms with Gasteiger partial charge in [-0.3, -0.25) is 4.57 Å². The molecule has 0 saturated carbocycles. The lowest BCUT2D eigenvalue weighted by molar-refractivity contribution is 1.10. The van der Waals surface area contributed by atoms with Gasteiger partial charge in [0, 0.05) is 45.2 Å². The zero-order valence-corrected chi connectivity index (χ0v) is 20.6. The van der Waals surface area contributed by atoms with Crippen LogP contribution in [0.3, 0.4) is 0 Å². The lowest BCUT2D eigenvalue weighted by Gasteiger charge is -2.14. The van der Waals surface area contributed by atoms with Crippen LogP contribution in [0.25, 0.3) is 66.1 Å². The maximum atomic E-state index is 5.12. The van der Waals surface area contributed by atoms with E-state index in [4.69, 9.17) is 4.98 Å². The molecule has 3 nitrogen and oxygen atoms in total. The Kier molecular flexibility index (Phi) is 4.52. The van der Waals surface area contributed by atoms with E-state index in [-0.39, 0.29) is 0 Å². The van der Waals surface area contributed by atoms with E-state index in [0.717, 1.165) is 33.5 Å². The number of fused-ring (bicyclic) bond motifs is 5. The van der Waals surface area contributed by atoms with Crippen molar-refractivity contribution in [1.82, 2.24) is 14.1 Å². The van der Waals surface area contributed by atoms with Crippen LogP contribution in [-0.4, -0.2) is 14.1 Å². The molecular formula is C35H23N3. The predicted molar refractivity (Wildman–Crippen MR) is 158 cm³/mol. The highest BCUT2D eigenvalue weighted by molar-refractivity contribution is 6.14.